The number of hydrogen-bond donors (Lipinski definition) is 3. The summed E-state index contributed by atoms with van der Waals surface area (Å²) in [6.07, 6.45) is 1.41. The van der Waals surface area contributed by atoms with Crippen LogP contribution in [-0.4, -0.2) is 48.5 Å². The van der Waals surface area contributed by atoms with Crippen LogP contribution >= 0.6 is 0 Å². The van der Waals surface area contributed by atoms with Gasteiger partial charge in [0.05, 0.1) is 24.8 Å². The molecule has 3 N–H and O–H groups in total. The molecular formula is C18H18N2O5. The number of para-hydroxylation sites is 1. The Balaban J connectivity index is 1.90. The van der Waals surface area contributed by atoms with Crippen LogP contribution in [0.2, 0.25) is 0 Å². The van der Waals surface area contributed by atoms with Crippen LogP contribution in [0.3, 0.4) is 0 Å². The molecule has 0 aliphatic carbocycles. The molecule has 25 heavy (non-hydrogen) atoms. The molecule has 1 amide bonds. The predicted molar refractivity (Wildman–Crippen MR) is 92.3 cm³/mol. The highest BCUT2D eigenvalue weighted by Gasteiger charge is 2.09. The standard InChI is InChI=1S/C18H18N2O5/c1-25-18(24)12-6-7-15(21)13(10-12)11-19-8-9-20-17(23)14-4-2-3-5-16(14)22/h2-7,10-11,21-22H,8-9H2,1H3,(H,20,23). The summed E-state index contributed by atoms with van der Waals surface area (Å²) in [6, 6.07) is 10.5. The molecule has 0 saturated heterocycles. The average Bonchev–Trinajstić information content (AvgIpc) is 2.62. The number of aliphatic imine (C=N–C) groups is 1. The Morgan fingerprint density at radius 2 is 1.92 bits per heavy atom. The normalized spacial score (nSPS) is 10.6. The number of esters is 1. The molecule has 0 fully saturated rings. The van der Waals surface area contributed by atoms with Crippen molar-refractivity contribution in [3.63, 3.8) is 0 Å². The number of carbonyl (C=O) groups excluding carboxylic acids is 2. The first-order valence-electron chi connectivity index (χ1n) is 7.50. The minimum absolute atomic E-state index is 0.0188. The number of nitrogens with one attached hydrogen (secondary N) is 1. The minimum Gasteiger partial charge on any atom is -0.507 e. The van der Waals surface area contributed by atoms with Crippen LogP contribution in [0.15, 0.2) is 47.5 Å². The number of carbonyl (C=O) groups is 2. The van der Waals surface area contributed by atoms with Gasteiger partial charge in [-0.2, -0.15) is 0 Å². The lowest BCUT2D eigenvalue weighted by atomic mass is 10.1. The van der Waals surface area contributed by atoms with Crippen LogP contribution in [0, 0.1) is 0 Å². The third kappa shape index (κ3) is 4.81. The third-order valence-electron chi connectivity index (χ3n) is 3.35. The Hall–Kier alpha value is -3.35. The van der Waals surface area contributed by atoms with Gasteiger partial charge in [-0.3, -0.25) is 9.79 Å². The molecular weight excluding hydrogens is 324 g/mol. The Morgan fingerprint density at radius 3 is 2.64 bits per heavy atom. The van der Waals surface area contributed by atoms with Crippen molar-refractivity contribution in [3.05, 3.63) is 59.2 Å². The lowest BCUT2D eigenvalue weighted by Gasteiger charge is -2.05. The lowest BCUT2D eigenvalue weighted by Crippen LogP contribution is -2.26. The van der Waals surface area contributed by atoms with Crippen LogP contribution in [0.4, 0.5) is 0 Å². The van der Waals surface area contributed by atoms with E-state index in [-0.39, 0.29) is 30.2 Å². The molecule has 0 unspecified atom stereocenters. The number of nitrogens with zero attached hydrogens (tertiary/aromatic N) is 1. The zero-order valence-corrected chi connectivity index (χ0v) is 13.6. The largest absolute Gasteiger partial charge is 0.507 e. The van der Waals surface area contributed by atoms with Gasteiger partial charge in [-0.25, -0.2) is 4.79 Å². The predicted octanol–water partition coefficient (Wildman–Crippen LogP) is 1.73. The van der Waals surface area contributed by atoms with Gasteiger partial charge >= 0.3 is 5.97 Å². The summed E-state index contributed by atoms with van der Waals surface area (Å²) in [6.45, 7) is 0.516. The second kappa shape index (κ2) is 8.49. The molecule has 7 nitrogen and oxygen atoms in total. The van der Waals surface area contributed by atoms with Crippen LogP contribution in [0.5, 0.6) is 11.5 Å². The Labute approximate surface area is 144 Å². The van der Waals surface area contributed by atoms with Crippen LogP contribution in [-0.2, 0) is 4.74 Å². The van der Waals surface area contributed by atoms with Crippen molar-refractivity contribution in [2.45, 2.75) is 0 Å². The van der Waals surface area contributed by atoms with E-state index >= 15 is 0 Å². The van der Waals surface area contributed by atoms with E-state index in [0.717, 1.165) is 0 Å². The molecule has 2 rings (SSSR count). The molecule has 0 heterocycles. The van der Waals surface area contributed by atoms with Crippen LogP contribution in [0.25, 0.3) is 0 Å². The molecule has 0 spiro atoms. The molecule has 2 aromatic carbocycles. The number of benzene rings is 2. The summed E-state index contributed by atoms with van der Waals surface area (Å²) in [5, 5.41) is 22.0. The zero-order valence-electron chi connectivity index (χ0n) is 13.6. The molecule has 7 heteroatoms. The smallest absolute Gasteiger partial charge is 0.337 e. The lowest BCUT2D eigenvalue weighted by molar-refractivity contribution is 0.0600. The van der Waals surface area contributed by atoms with Crippen molar-refractivity contribution >= 4 is 18.1 Å². The van der Waals surface area contributed by atoms with E-state index in [9.17, 15) is 19.8 Å². The first-order chi connectivity index (χ1) is 12.0. The second-order valence-electron chi connectivity index (χ2n) is 5.07. The van der Waals surface area contributed by atoms with E-state index in [1.54, 1.807) is 12.1 Å². The summed E-state index contributed by atoms with van der Waals surface area (Å²) in [5.41, 5.74) is 0.861. The molecule has 0 radical (unpaired) electrons. The van der Waals surface area contributed by atoms with E-state index in [0.29, 0.717) is 11.1 Å². The summed E-state index contributed by atoms with van der Waals surface area (Å²) in [5.74, 6) is -1.02. The maximum absolute atomic E-state index is 11.9. The third-order valence-corrected chi connectivity index (χ3v) is 3.35. The van der Waals surface area contributed by atoms with Crippen molar-refractivity contribution in [2.24, 2.45) is 4.99 Å². The molecule has 0 aromatic heterocycles. The molecule has 0 atom stereocenters. The van der Waals surface area contributed by atoms with E-state index in [1.807, 2.05) is 0 Å². The highest BCUT2D eigenvalue weighted by molar-refractivity contribution is 5.96. The van der Waals surface area contributed by atoms with Gasteiger partial charge in [0.25, 0.3) is 5.91 Å². The quantitative estimate of drug-likeness (QED) is 0.421. The monoisotopic (exact) mass is 342 g/mol. The van der Waals surface area contributed by atoms with Crippen molar-refractivity contribution in [1.82, 2.24) is 5.32 Å². The Bertz CT molecular complexity index is 802. The van der Waals surface area contributed by atoms with Gasteiger partial charge in [0.2, 0.25) is 0 Å². The fraction of sp³-hybridized carbons (Fsp3) is 0.167. The average molecular weight is 342 g/mol. The van der Waals surface area contributed by atoms with E-state index in [4.69, 9.17) is 0 Å². The van der Waals surface area contributed by atoms with Gasteiger partial charge in [-0.15, -0.1) is 0 Å². The maximum Gasteiger partial charge on any atom is 0.337 e. The molecule has 2 aromatic rings. The van der Waals surface area contributed by atoms with Crippen LogP contribution < -0.4 is 5.32 Å². The van der Waals surface area contributed by atoms with Crippen molar-refractivity contribution in [3.8, 4) is 11.5 Å². The van der Waals surface area contributed by atoms with Gasteiger partial charge in [-0.05, 0) is 30.3 Å². The van der Waals surface area contributed by atoms with Gasteiger partial charge < -0.3 is 20.3 Å². The number of methoxy groups -OCH3 is 1. The number of rotatable bonds is 6. The fourth-order valence-electron chi connectivity index (χ4n) is 2.06. The molecule has 0 bridgehead atoms. The minimum atomic E-state index is -0.510. The molecule has 130 valence electrons. The summed E-state index contributed by atoms with van der Waals surface area (Å²) < 4.78 is 4.62. The summed E-state index contributed by atoms with van der Waals surface area (Å²) in [4.78, 5) is 27.5. The zero-order chi connectivity index (χ0) is 18.2. The number of phenols is 2. The first-order valence-corrected chi connectivity index (χ1v) is 7.50. The van der Waals surface area contributed by atoms with E-state index in [1.165, 1.54) is 43.7 Å². The topological polar surface area (TPSA) is 108 Å². The molecule has 0 saturated carbocycles. The van der Waals surface area contributed by atoms with Crippen molar-refractivity contribution < 1.29 is 24.5 Å². The first kappa shape index (κ1) is 18.0. The number of hydrogen-bond acceptors (Lipinski definition) is 6. The van der Waals surface area contributed by atoms with Crippen LogP contribution in [0.1, 0.15) is 26.3 Å². The Morgan fingerprint density at radius 1 is 1.16 bits per heavy atom. The van der Waals surface area contributed by atoms with E-state index < -0.39 is 11.9 Å². The highest BCUT2D eigenvalue weighted by atomic mass is 16.5. The van der Waals surface area contributed by atoms with Gasteiger partial charge in [0, 0.05) is 18.3 Å². The van der Waals surface area contributed by atoms with E-state index in [2.05, 4.69) is 15.0 Å². The van der Waals surface area contributed by atoms with Gasteiger partial charge in [0.15, 0.2) is 0 Å². The Kier molecular flexibility index (Phi) is 6.11. The SMILES string of the molecule is COC(=O)c1ccc(O)c(C=NCCNC(=O)c2ccccc2O)c1. The number of phenolic OH excluding ortho intramolecular Hbond substituents is 2. The number of amides is 1. The van der Waals surface area contributed by atoms with Gasteiger partial charge in [0.1, 0.15) is 11.5 Å². The summed E-state index contributed by atoms with van der Waals surface area (Å²) >= 11 is 0. The molecule has 0 aliphatic rings. The van der Waals surface area contributed by atoms with Gasteiger partial charge in [-0.1, -0.05) is 12.1 Å². The summed E-state index contributed by atoms with van der Waals surface area (Å²) in [7, 11) is 1.27. The maximum atomic E-state index is 11.9. The second-order valence-corrected chi connectivity index (χ2v) is 5.07. The molecule has 0 aliphatic heterocycles. The van der Waals surface area contributed by atoms with Crippen molar-refractivity contribution in [2.75, 3.05) is 20.2 Å². The number of aromatic hydroxyl groups is 2. The highest BCUT2D eigenvalue weighted by Crippen LogP contribution is 2.17. The number of ether oxygens (including phenoxy) is 1. The fourth-order valence-corrected chi connectivity index (χ4v) is 2.06. The van der Waals surface area contributed by atoms with Crippen molar-refractivity contribution in [1.29, 1.82) is 0 Å².